The van der Waals surface area contributed by atoms with Crippen molar-refractivity contribution in [2.24, 2.45) is 5.92 Å². The molecular formula is C17H20BrN3O. The van der Waals surface area contributed by atoms with Gasteiger partial charge >= 0.3 is 0 Å². The topological polar surface area (TPSA) is 54.0 Å². The van der Waals surface area contributed by atoms with Crippen molar-refractivity contribution in [1.29, 1.82) is 0 Å². The molecule has 2 N–H and O–H groups in total. The Labute approximate surface area is 138 Å². The first-order valence-electron chi connectivity index (χ1n) is 7.61. The van der Waals surface area contributed by atoms with E-state index < -0.39 is 0 Å². The highest BCUT2D eigenvalue weighted by atomic mass is 79.9. The summed E-state index contributed by atoms with van der Waals surface area (Å²) in [5.74, 6) is 0.745. The third-order valence-electron chi connectivity index (χ3n) is 4.14. The standard InChI is InChI=1S/C17H20BrN3O/c1-10-11(2)21-15-6-5-13(18)7-14(15)17(10)20-9-16(22)19-8-12-3-4-12/h5-7,12H,3-4,8-9H2,1-2H3,(H,19,22)(H,20,21). The summed E-state index contributed by atoms with van der Waals surface area (Å²) in [6.45, 7) is 5.13. The molecule has 0 bridgehead atoms. The number of amides is 1. The Kier molecular flexibility index (Phi) is 4.34. The van der Waals surface area contributed by atoms with Crippen LogP contribution >= 0.6 is 15.9 Å². The number of carbonyl (C=O) groups excluding carboxylic acids is 1. The first-order chi connectivity index (χ1) is 10.5. The van der Waals surface area contributed by atoms with Crippen LogP contribution in [0.3, 0.4) is 0 Å². The highest BCUT2D eigenvalue weighted by molar-refractivity contribution is 9.10. The van der Waals surface area contributed by atoms with Gasteiger partial charge in [0.2, 0.25) is 5.91 Å². The third kappa shape index (κ3) is 3.40. The molecule has 0 unspecified atom stereocenters. The molecule has 1 heterocycles. The fourth-order valence-corrected chi connectivity index (χ4v) is 2.85. The van der Waals surface area contributed by atoms with Crippen LogP contribution in [0.2, 0.25) is 0 Å². The van der Waals surface area contributed by atoms with E-state index in [0.717, 1.165) is 38.9 Å². The Morgan fingerprint density at radius 1 is 1.36 bits per heavy atom. The molecule has 1 aliphatic rings. The zero-order valence-electron chi connectivity index (χ0n) is 12.9. The lowest BCUT2D eigenvalue weighted by Gasteiger charge is -2.15. The van der Waals surface area contributed by atoms with Gasteiger partial charge in [-0.05, 0) is 56.4 Å². The quantitative estimate of drug-likeness (QED) is 0.855. The van der Waals surface area contributed by atoms with E-state index in [9.17, 15) is 4.79 Å². The largest absolute Gasteiger partial charge is 0.375 e. The van der Waals surface area contributed by atoms with Crippen LogP contribution in [0, 0.1) is 19.8 Å². The molecule has 5 heteroatoms. The predicted octanol–water partition coefficient (Wildman–Crippen LogP) is 3.55. The fraction of sp³-hybridized carbons (Fsp3) is 0.412. The molecule has 1 saturated carbocycles. The van der Waals surface area contributed by atoms with Crippen molar-refractivity contribution in [2.75, 3.05) is 18.4 Å². The zero-order chi connectivity index (χ0) is 15.7. The summed E-state index contributed by atoms with van der Waals surface area (Å²) in [6, 6.07) is 6.01. The van der Waals surface area contributed by atoms with E-state index in [1.807, 2.05) is 32.0 Å². The van der Waals surface area contributed by atoms with E-state index in [1.165, 1.54) is 12.8 Å². The van der Waals surface area contributed by atoms with E-state index >= 15 is 0 Å². The molecule has 4 nitrogen and oxygen atoms in total. The van der Waals surface area contributed by atoms with Gasteiger partial charge in [-0.1, -0.05) is 15.9 Å². The highest BCUT2D eigenvalue weighted by Gasteiger charge is 2.21. The van der Waals surface area contributed by atoms with Crippen LogP contribution in [0.1, 0.15) is 24.1 Å². The molecule has 0 atom stereocenters. The number of hydrogen-bond donors (Lipinski definition) is 2. The normalized spacial score (nSPS) is 14.1. The minimum atomic E-state index is 0.0453. The fourth-order valence-electron chi connectivity index (χ4n) is 2.49. The van der Waals surface area contributed by atoms with E-state index in [0.29, 0.717) is 12.5 Å². The van der Waals surface area contributed by atoms with Crippen LogP contribution in [0.5, 0.6) is 0 Å². The van der Waals surface area contributed by atoms with Crippen LogP contribution in [0.25, 0.3) is 10.9 Å². The van der Waals surface area contributed by atoms with E-state index in [4.69, 9.17) is 0 Å². The van der Waals surface area contributed by atoms with Gasteiger partial charge in [-0.3, -0.25) is 9.78 Å². The van der Waals surface area contributed by atoms with Crippen molar-refractivity contribution in [2.45, 2.75) is 26.7 Å². The van der Waals surface area contributed by atoms with Gasteiger partial charge in [0, 0.05) is 27.8 Å². The Morgan fingerprint density at radius 2 is 2.14 bits per heavy atom. The number of pyridine rings is 1. The molecule has 1 amide bonds. The van der Waals surface area contributed by atoms with Gasteiger partial charge < -0.3 is 10.6 Å². The molecule has 0 spiro atoms. The number of aromatic nitrogens is 1. The number of halogens is 1. The zero-order valence-corrected chi connectivity index (χ0v) is 14.5. The number of nitrogens with one attached hydrogen (secondary N) is 2. The van der Waals surface area contributed by atoms with Crippen molar-refractivity contribution in [3.63, 3.8) is 0 Å². The van der Waals surface area contributed by atoms with Crippen molar-refractivity contribution in [3.8, 4) is 0 Å². The number of fused-ring (bicyclic) bond motifs is 1. The van der Waals surface area contributed by atoms with Gasteiger partial charge in [-0.25, -0.2) is 0 Å². The molecule has 0 saturated heterocycles. The van der Waals surface area contributed by atoms with Gasteiger partial charge in [0.15, 0.2) is 0 Å². The Hall–Kier alpha value is -1.62. The van der Waals surface area contributed by atoms with Gasteiger partial charge in [0.25, 0.3) is 0 Å². The number of carbonyl (C=O) groups is 1. The average molecular weight is 362 g/mol. The SMILES string of the molecule is Cc1nc2ccc(Br)cc2c(NCC(=O)NCC2CC2)c1C. The summed E-state index contributed by atoms with van der Waals surface area (Å²) in [6.07, 6.45) is 2.49. The lowest BCUT2D eigenvalue weighted by Crippen LogP contribution is -2.31. The summed E-state index contributed by atoms with van der Waals surface area (Å²) in [4.78, 5) is 16.6. The molecule has 1 aliphatic carbocycles. The van der Waals surface area contributed by atoms with Gasteiger partial charge in [0.1, 0.15) is 0 Å². The Morgan fingerprint density at radius 3 is 2.86 bits per heavy atom. The van der Waals surface area contributed by atoms with Crippen LogP contribution in [0.4, 0.5) is 5.69 Å². The molecule has 2 aromatic rings. The van der Waals surface area contributed by atoms with E-state index in [2.05, 4.69) is 31.5 Å². The molecule has 0 radical (unpaired) electrons. The monoisotopic (exact) mass is 361 g/mol. The number of aryl methyl sites for hydroxylation is 1. The van der Waals surface area contributed by atoms with Gasteiger partial charge in [-0.15, -0.1) is 0 Å². The molecular weight excluding hydrogens is 342 g/mol. The summed E-state index contributed by atoms with van der Waals surface area (Å²) in [5, 5.41) is 7.31. The maximum absolute atomic E-state index is 11.9. The molecule has 1 aromatic heterocycles. The maximum Gasteiger partial charge on any atom is 0.239 e. The van der Waals surface area contributed by atoms with Crippen LogP contribution < -0.4 is 10.6 Å². The smallest absolute Gasteiger partial charge is 0.239 e. The van der Waals surface area contributed by atoms with Crippen molar-refractivity contribution < 1.29 is 4.79 Å². The predicted molar refractivity (Wildman–Crippen MR) is 93.1 cm³/mol. The molecule has 0 aliphatic heterocycles. The number of anilines is 1. The molecule has 116 valence electrons. The molecule has 1 aromatic carbocycles. The van der Waals surface area contributed by atoms with Crippen molar-refractivity contribution >= 4 is 38.4 Å². The first-order valence-corrected chi connectivity index (χ1v) is 8.41. The van der Waals surface area contributed by atoms with Gasteiger partial charge in [0.05, 0.1) is 12.1 Å². The summed E-state index contributed by atoms with van der Waals surface area (Å²) >= 11 is 3.50. The minimum Gasteiger partial charge on any atom is -0.375 e. The average Bonchev–Trinajstić information content (AvgIpc) is 3.30. The minimum absolute atomic E-state index is 0.0453. The number of rotatable bonds is 5. The van der Waals surface area contributed by atoms with Crippen molar-refractivity contribution in [1.82, 2.24) is 10.3 Å². The third-order valence-corrected chi connectivity index (χ3v) is 4.64. The number of hydrogen-bond acceptors (Lipinski definition) is 3. The second-order valence-corrected chi connectivity index (χ2v) is 6.88. The van der Waals surface area contributed by atoms with E-state index in [-0.39, 0.29) is 5.91 Å². The maximum atomic E-state index is 11.9. The lowest BCUT2D eigenvalue weighted by atomic mass is 10.1. The van der Waals surface area contributed by atoms with Crippen LogP contribution in [-0.4, -0.2) is 24.0 Å². The Balaban J connectivity index is 1.80. The van der Waals surface area contributed by atoms with Crippen molar-refractivity contribution in [3.05, 3.63) is 33.9 Å². The highest BCUT2D eigenvalue weighted by Crippen LogP contribution is 2.30. The Bertz CT molecular complexity index is 725. The summed E-state index contributed by atoms with van der Waals surface area (Å²) in [7, 11) is 0. The van der Waals surface area contributed by atoms with Crippen LogP contribution in [-0.2, 0) is 4.79 Å². The second kappa shape index (κ2) is 6.24. The number of nitrogens with zero attached hydrogens (tertiary/aromatic N) is 1. The molecule has 1 fully saturated rings. The summed E-state index contributed by atoms with van der Waals surface area (Å²) < 4.78 is 1.01. The second-order valence-electron chi connectivity index (χ2n) is 5.96. The molecule has 22 heavy (non-hydrogen) atoms. The van der Waals surface area contributed by atoms with Gasteiger partial charge in [-0.2, -0.15) is 0 Å². The molecule has 3 rings (SSSR count). The first kappa shape index (κ1) is 15.3. The van der Waals surface area contributed by atoms with Crippen LogP contribution in [0.15, 0.2) is 22.7 Å². The lowest BCUT2D eigenvalue weighted by molar-refractivity contribution is -0.119. The van der Waals surface area contributed by atoms with E-state index in [1.54, 1.807) is 0 Å². The number of benzene rings is 1. The summed E-state index contributed by atoms with van der Waals surface area (Å²) in [5.41, 5.74) is 3.99.